The standard InChI is InChI=1S/C68H47N/c1-7-23-48(24-8-1)57-42-39-54(45-62(57)49-25-9-2-10-26-49)69(55-40-43-60-58-35-19-21-37-63(58)67(65(60)46-55,50-27-11-3-12-28-50)51-29-13-4-14-30-51)56-41-44-61-59-36-20-22-38-64(59)68(66(61)47-56,52-31-15-5-16-32-52)53-33-17-6-18-34-53/h1-47H. The van der Waals surface area contributed by atoms with Gasteiger partial charge >= 0.3 is 0 Å². The Labute approximate surface area is 404 Å². The molecule has 0 saturated carbocycles. The van der Waals surface area contributed by atoms with E-state index in [0.717, 1.165) is 17.1 Å². The molecule has 0 atom stereocenters. The Bertz CT molecular complexity index is 3380. The minimum atomic E-state index is -0.558. The molecule has 0 saturated heterocycles. The number of hydrogen-bond donors (Lipinski definition) is 0. The van der Waals surface area contributed by atoms with Crippen molar-refractivity contribution in [1.29, 1.82) is 0 Å². The van der Waals surface area contributed by atoms with Crippen molar-refractivity contribution in [3.05, 3.63) is 330 Å². The molecule has 324 valence electrons. The van der Waals surface area contributed by atoms with Gasteiger partial charge in [-0.05, 0) is 125 Å². The van der Waals surface area contributed by atoms with Crippen LogP contribution in [-0.2, 0) is 10.8 Å². The van der Waals surface area contributed by atoms with Gasteiger partial charge < -0.3 is 4.90 Å². The van der Waals surface area contributed by atoms with Gasteiger partial charge in [-0.15, -0.1) is 0 Å². The van der Waals surface area contributed by atoms with E-state index in [2.05, 4.69) is 290 Å². The first-order valence-corrected chi connectivity index (χ1v) is 24.0. The summed E-state index contributed by atoms with van der Waals surface area (Å²) < 4.78 is 0. The maximum Gasteiger partial charge on any atom is 0.0714 e. The maximum absolute atomic E-state index is 2.51. The fourth-order valence-corrected chi connectivity index (χ4v) is 12.0. The van der Waals surface area contributed by atoms with Crippen molar-refractivity contribution in [2.45, 2.75) is 10.8 Å². The van der Waals surface area contributed by atoms with Crippen molar-refractivity contribution < 1.29 is 0 Å². The molecule has 0 radical (unpaired) electrons. The highest BCUT2D eigenvalue weighted by Crippen LogP contribution is 2.59. The normalized spacial score (nSPS) is 13.4. The molecule has 0 N–H and O–H groups in total. The third-order valence-corrected chi connectivity index (χ3v) is 14.8. The number of nitrogens with zero attached hydrogens (tertiary/aromatic N) is 1. The summed E-state index contributed by atoms with van der Waals surface area (Å²) in [5.74, 6) is 0. The highest BCUT2D eigenvalue weighted by molar-refractivity contribution is 5.94. The van der Waals surface area contributed by atoms with Crippen LogP contribution in [0.5, 0.6) is 0 Å². The molecular formula is C68H47N. The predicted octanol–water partition coefficient (Wildman–Crippen LogP) is 17.2. The molecular weight excluding hydrogens is 831 g/mol. The number of hydrogen-bond acceptors (Lipinski definition) is 1. The first-order chi connectivity index (χ1) is 34.2. The van der Waals surface area contributed by atoms with E-state index in [-0.39, 0.29) is 0 Å². The summed E-state index contributed by atoms with van der Waals surface area (Å²) in [4.78, 5) is 2.51. The van der Waals surface area contributed by atoms with Gasteiger partial charge in [0.25, 0.3) is 0 Å². The molecule has 0 aromatic heterocycles. The molecule has 1 nitrogen and oxygen atoms in total. The van der Waals surface area contributed by atoms with E-state index in [4.69, 9.17) is 0 Å². The monoisotopic (exact) mass is 877 g/mol. The molecule has 2 aliphatic rings. The number of fused-ring (bicyclic) bond motifs is 6. The fourth-order valence-electron chi connectivity index (χ4n) is 12.0. The van der Waals surface area contributed by atoms with Crippen LogP contribution < -0.4 is 4.90 Å². The molecule has 0 amide bonds. The Morgan fingerprint density at radius 3 is 0.884 bits per heavy atom. The highest BCUT2D eigenvalue weighted by atomic mass is 15.1. The second kappa shape index (κ2) is 16.5. The van der Waals surface area contributed by atoms with Crippen LogP contribution in [0.1, 0.15) is 44.5 Å². The van der Waals surface area contributed by atoms with E-state index < -0.39 is 10.8 Å². The Morgan fingerprint density at radius 2 is 0.493 bits per heavy atom. The third-order valence-electron chi connectivity index (χ3n) is 14.8. The fraction of sp³-hybridized carbons (Fsp3) is 0.0294. The molecule has 2 aliphatic carbocycles. The summed E-state index contributed by atoms with van der Waals surface area (Å²) in [6, 6.07) is 106. The van der Waals surface area contributed by atoms with E-state index in [1.54, 1.807) is 0 Å². The second-order valence-corrected chi connectivity index (χ2v) is 18.3. The zero-order chi connectivity index (χ0) is 45.8. The van der Waals surface area contributed by atoms with Gasteiger partial charge in [-0.1, -0.05) is 249 Å². The molecule has 0 fully saturated rings. The lowest BCUT2D eigenvalue weighted by molar-refractivity contribution is 0.767. The molecule has 0 aliphatic heterocycles. The summed E-state index contributed by atoms with van der Waals surface area (Å²) in [5, 5.41) is 0. The average molecular weight is 878 g/mol. The van der Waals surface area contributed by atoms with Crippen LogP contribution in [0.15, 0.2) is 285 Å². The lowest BCUT2D eigenvalue weighted by Gasteiger charge is -2.36. The van der Waals surface area contributed by atoms with E-state index in [9.17, 15) is 0 Å². The number of rotatable bonds is 9. The van der Waals surface area contributed by atoms with Crippen molar-refractivity contribution in [3.63, 3.8) is 0 Å². The van der Waals surface area contributed by atoms with E-state index >= 15 is 0 Å². The van der Waals surface area contributed by atoms with Crippen LogP contribution in [0.4, 0.5) is 17.1 Å². The van der Waals surface area contributed by atoms with Gasteiger partial charge in [0, 0.05) is 17.1 Å². The third kappa shape index (κ3) is 6.24. The molecule has 11 aromatic carbocycles. The molecule has 69 heavy (non-hydrogen) atoms. The Morgan fingerprint density at radius 1 is 0.203 bits per heavy atom. The Balaban J connectivity index is 1.11. The van der Waals surface area contributed by atoms with Crippen molar-refractivity contribution in [2.24, 2.45) is 0 Å². The summed E-state index contributed by atoms with van der Waals surface area (Å²) in [7, 11) is 0. The smallest absolute Gasteiger partial charge is 0.0714 e. The first-order valence-electron chi connectivity index (χ1n) is 24.0. The summed E-state index contributed by atoms with van der Waals surface area (Å²) in [6.07, 6.45) is 0. The molecule has 0 unspecified atom stereocenters. The lowest BCUT2D eigenvalue weighted by atomic mass is 9.67. The van der Waals surface area contributed by atoms with Crippen LogP contribution in [0, 0.1) is 0 Å². The van der Waals surface area contributed by atoms with Gasteiger partial charge in [-0.2, -0.15) is 0 Å². The van der Waals surface area contributed by atoms with Crippen molar-refractivity contribution in [1.82, 2.24) is 0 Å². The summed E-state index contributed by atoms with van der Waals surface area (Å²) >= 11 is 0. The quantitative estimate of drug-likeness (QED) is 0.140. The van der Waals surface area contributed by atoms with Gasteiger partial charge in [-0.25, -0.2) is 0 Å². The molecule has 11 aromatic rings. The predicted molar refractivity (Wildman–Crippen MR) is 287 cm³/mol. The maximum atomic E-state index is 2.51. The Kier molecular flexibility index (Phi) is 9.70. The van der Waals surface area contributed by atoms with E-state index in [1.165, 1.54) is 89.0 Å². The number of benzene rings is 11. The van der Waals surface area contributed by atoms with Gasteiger partial charge in [0.15, 0.2) is 0 Å². The molecule has 0 heterocycles. The van der Waals surface area contributed by atoms with E-state index in [1.807, 2.05) is 0 Å². The van der Waals surface area contributed by atoms with Crippen molar-refractivity contribution in [2.75, 3.05) is 4.90 Å². The van der Waals surface area contributed by atoms with Gasteiger partial charge in [0.2, 0.25) is 0 Å². The molecule has 0 spiro atoms. The van der Waals surface area contributed by atoms with Crippen LogP contribution in [0.25, 0.3) is 44.5 Å². The molecule has 0 bridgehead atoms. The Hall–Kier alpha value is -8.78. The minimum absolute atomic E-state index is 0.558. The highest BCUT2D eigenvalue weighted by Gasteiger charge is 2.48. The SMILES string of the molecule is c1ccc(-c2ccc(N(c3ccc4c(c3)C(c3ccccc3)(c3ccccc3)c3ccccc3-4)c3ccc4c(c3)C(c3ccccc3)(c3ccccc3)c3ccccc3-4)cc2-c2ccccc2)cc1. The molecule has 1 heteroatoms. The average Bonchev–Trinajstić information content (AvgIpc) is 3.90. The van der Waals surface area contributed by atoms with Gasteiger partial charge in [0.05, 0.1) is 10.8 Å². The van der Waals surface area contributed by atoms with Gasteiger partial charge in [0.1, 0.15) is 0 Å². The molecule has 13 rings (SSSR count). The lowest BCUT2D eigenvalue weighted by Crippen LogP contribution is -2.29. The van der Waals surface area contributed by atoms with Gasteiger partial charge in [-0.3, -0.25) is 0 Å². The summed E-state index contributed by atoms with van der Waals surface area (Å²) in [6.45, 7) is 0. The largest absolute Gasteiger partial charge is 0.310 e. The minimum Gasteiger partial charge on any atom is -0.310 e. The zero-order valence-corrected chi connectivity index (χ0v) is 38.1. The van der Waals surface area contributed by atoms with Crippen LogP contribution >= 0.6 is 0 Å². The second-order valence-electron chi connectivity index (χ2n) is 18.3. The van der Waals surface area contributed by atoms with Crippen molar-refractivity contribution >= 4 is 17.1 Å². The van der Waals surface area contributed by atoms with Crippen LogP contribution in [0.2, 0.25) is 0 Å². The topological polar surface area (TPSA) is 3.24 Å². The first kappa shape index (κ1) is 40.5. The zero-order valence-electron chi connectivity index (χ0n) is 38.1. The number of anilines is 3. The van der Waals surface area contributed by atoms with E-state index in [0.29, 0.717) is 0 Å². The van der Waals surface area contributed by atoms with Crippen LogP contribution in [0.3, 0.4) is 0 Å². The van der Waals surface area contributed by atoms with Crippen molar-refractivity contribution in [3.8, 4) is 44.5 Å². The van der Waals surface area contributed by atoms with Crippen LogP contribution in [-0.4, -0.2) is 0 Å². The summed E-state index contributed by atoms with van der Waals surface area (Å²) in [5.41, 5.74) is 22.0.